The summed E-state index contributed by atoms with van der Waals surface area (Å²) in [5.41, 5.74) is 0.0336. The van der Waals surface area contributed by atoms with Gasteiger partial charge >= 0.3 is 6.18 Å². The van der Waals surface area contributed by atoms with Gasteiger partial charge in [0.1, 0.15) is 6.07 Å². The summed E-state index contributed by atoms with van der Waals surface area (Å²) < 4.78 is 38.4. The molecule has 0 fully saturated rings. The van der Waals surface area contributed by atoms with E-state index in [-0.39, 0.29) is 18.7 Å². The fourth-order valence-electron chi connectivity index (χ4n) is 2.09. The Bertz CT molecular complexity index is 816. The van der Waals surface area contributed by atoms with E-state index < -0.39 is 22.7 Å². The number of carbonyl (C=O) groups is 1. The van der Waals surface area contributed by atoms with Crippen LogP contribution in [0.4, 0.5) is 24.5 Å². The number of nitriles is 1. The fraction of sp³-hybridized carbons (Fsp3) is 0.176. The highest BCUT2D eigenvalue weighted by molar-refractivity contribution is 6.31. The summed E-state index contributed by atoms with van der Waals surface area (Å²) >= 11 is 5.53. The highest BCUT2D eigenvalue weighted by Crippen LogP contribution is 2.36. The van der Waals surface area contributed by atoms with Crippen LogP contribution in [-0.4, -0.2) is 12.5 Å². The van der Waals surface area contributed by atoms with Gasteiger partial charge in [0.2, 0.25) is 5.91 Å². The molecule has 0 spiro atoms. The monoisotopic (exact) mass is 367 g/mol. The summed E-state index contributed by atoms with van der Waals surface area (Å²) in [6, 6.07) is 12.0. The van der Waals surface area contributed by atoms with Crippen molar-refractivity contribution in [1.29, 1.82) is 5.26 Å². The second-order valence-corrected chi connectivity index (χ2v) is 5.48. The second-order valence-electron chi connectivity index (χ2n) is 5.07. The van der Waals surface area contributed by atoms with E-state index in [9.17, 15) is 18.0 Å². The van der Waals surface area contributed by atoms with E-state index in [1.165, 1.54) is 6.07 Å². The lowest BCUT2D eigenvalue weighted by molar-refractivity contribution is -0.137. The Labute approximate surface area is 147 Å². The molecule has 2 aromatic carbocycles. The van der Waals surface area contributed by atoms with Gasteiger partial charge in [-0.15, -0.1) is 0 Å². The van der Waals surface area contributed by atoms with Crippen LogP contribution in [0, 0.1) is 11.3 Å². The molecule has 8 heteroatoms. The lowest BCUT2D eigenvalue weighted by atomic mass is 10.2. The molecule has 0 aliphatic rings. The Morgan fingerprint density at radius 1 is 1.20 bits per heavy atom. The van der Waals surface area contributed by atoms with E-state index >= 15 is 0 Å². The lowest BCUT2D eigenvalue weighted by Gasteiger charge is -2.12. The molecule has 0 saturated carbocycles. The summed E-state index contributed by atoms with van der Waals surface area (Å²) in [6.07, 6.45) is -4.58. The third-order valence-corrected chi connectivity index (χ3v) is 3.60. The van der Waals surface area contributed by atoms with Gasteiger partial charge in [-0.3, -0.25) is 4.79 Å². The van der Waals surface area contributed by atoms with Crippen LogP contribution in [-0.2, 0) is 11.0 Å². The number of rotatable bonds is 5. The van der Waals surface area contributed by atoms with Gasteiger partial charge in [-0.2, -0.15) is 18.4 Å². The summed E-state index contributed by atoms with van der Waals surface area (Å²) in [6.45, 7) is 0.226. The molecule has 0 unspecified atom stereocenters. The van der Waals surface area contributed by atoms with Crippen LogP contribution in [0.1, 0.15) is 17.5 Å². The van der Waals surface area contributed by atoms with Crippen molar-refractivity contribution in [3.8, 4) is 6.07 Å². The number of para-hydroxylation sites is 1. The Morgan fingerprint density at radius 3 is 2.60 bits per heavy atom. The number of benzene rings is 2. The third kappa shape index (κ3) is 5.13. The van der Waals surface area contributed by atoms with Crippen molar-refractivity contribution in [2.24, 2.45) is 0 Å². The number of carbonyl (C=O) groups excluding carboxylic acids is 1. The molecule has 2 N–H and O–H groups in total. The van der Waals surface area contributed by atoms with Crippen molar-refractivity contribution in [3.63, 3.8) is 0 Å². The molecule has 0 bridgehead atoms. The Kier molecular flexibility index (Phi) is 5.88. The zero-order valence-electron chi connectivity index (χ0n) is 12.8. The molecule has 0 aliphatic heterocycles. The molecule has 0 radical (unpaired) electrons. The van der Waals surface area contributed by atoms with Gasteiger partial charge in [0, 0.05) is 18.7 Å². The normalized spacial score (nSPS) is 10.8. The second kappa shape index (κ2) is 7.90. The first-order chi connectivity index (χ1) is 11.8. The van der Waals surface area contributed by atoms with E-state index in [1.54, 1.807) is 24.3 Å². The SMILES string of the molecule is N#Cc1ccccc1NCCC(=O)Nc1ccc(Cl)c(C(F)(F)F)c1. The quantitative estimate of drug-likeness (QED) is 0.807. The number of halogens is 4. The van der Waals surface area contributed by atoms with Gasteiger partial charge in [-0.05, 0) is 30.3 Å². The van der Waals surface area contributed by atoms with Crippen molar-refractivity contribution >= 4 is 28.9 Å². The number of hydrogen-bond donors (Lipinski definition) is 2. The minimum Gasteiger partial charge on any atom is -0.383 e. The molecule has 0 saturated heterocycles. The minimum atomic E-state index is -4.60. The molecule has 0 aromatic heterocycles. The van der Waals surface area contributed by atoms with Crippen molar-refractivity contribution in [3.05, 3.63) is 58.6 Å². The van der Waals surface area contributed by atoms with Crippen molar-refractivity contribution in [2.45, 2.75) is 12.6 Å². The standard InChI is InChI=1S/C17H13ClF3N3O/c18-14-6-5-12(9-13(14)17(19,20)21)24-16(25)7-8-23-15-4-2-1-3-11(15)10-22/h1-6,9,23H,7-8H2,(H,24,25). The maximum absolute atomic E-state index is 12.8. The predicted molar refractivity (Wildman–Crippen MR) is 89.3 cm³/mol. The fourth-order valence-corrected chi connectivity index (χ4v) is 2.31. The van der Waals surface area contributed by atoms with E-state index in [1.807, 2.05) is 6.07 Å². The molecule has 25 heavy (non-hydrogen) atoms. The number of hydrogen-bond acceptors (Lipinski definition) is 3. The molecule has 0 atom stereocenters. The largest absolute Gasteiger partial charge is 0.417 e. The van der Waals surface area contributed by atoms with Crippen molar-refractivity contribution < 1.29 is 18.0 Å². The minimum absolute atomic E-state index is 0.0131. The molecule has 2 rings (SSSR count). The van der Waals surface area contributed by atoms with E-state index in [2.05, 4.69) is 10.6 Å². The molecule has 2 aromatic rings. The molecule has 0 aliphatic carbocycles. The number of anilines is 2. The average molecular weight is 368 g/mol. The van der Waals surface area contributed by atoms with Gasteiger partial charge in [-0.1, -0.05) is 23.7 Å². The smallest absolute Gasteiger partial charge is 0.383 e. The first kappa shape index (κ1) is 18.6. The predicted octanol–water partition coefficient (Wildman–Crippen LogP) is 4.67. The van der Waals surface area contributed by atoms with Crippen LogP contribution in [0.3, 0.4) is 0 Å². The van der Waals surface area contributed by atoms with Crippen molar-refractivity contribution in [1.82, 2.24) is 0 Å². The molecule has 0 heterocycles. The third-order valence-electron chi connectivity index (χ3n) is 3.27. The van der Waals surface area contributed by atoms with E-state index in [4.69, 9.17) is 16.9 Å². The highest BCUT2D eigenvalue weighted by atomic mass is 35.5. The molecule has 4 nitrogen and oxygen atoms in total. The van der Waals surface area contributed by atoms with Gasteiger partial charge in [-0.25, -0.2) is 0 Å². The number of nitrogens with zero attached hydrogens (tertiary/aromatic N) is 1. The van der Waals surface area contributed by atoms with Crippen LogP contribution >= 0.6 is 11.6 Å². The van der Waals surface area contributed by atoms with E-state index in [0.29, 0.717) is 11.3 Å². The first-order valence-corrected chi connectivity index (χ1v) is 7.58. The van der Waals surface area contributed by atoms with Crippen LogP contribution in [0.5, 0.6) is 0 Å². The van der Waals surface area contributed by atoms with Crippen LogP contribution < -0.4 is 10.6 Å². The van der Waals surface area contributed by atoms with Crippen LogP contribution in [0.25, 0.3) is 0 Å². The maximum atomic E-state index is 12.8. The zero-order chi connectivity index (χ0) is 18.4. The topological polar surface area (TPSA) is 64.9 Å². The highest BCUT2D eigenvalue weighted by Gasteiger charge is 2.33. The first-order valence-electron chi connectivity index (χ1n) is 7.21. The number of alkyl halides is 3. The van der Waals surface area contributed by atoms with Crippen LogP contribution in [0.2, 0.25) is 5.02 Å². The number of amides is 1. The Balaban J connectivity index is 1.94. The maximum Gasteiger partial charge on any atom is 0.417 e. The van der Waals surface area contributed by atoms with E-state index in [0.717, 1.165) is 12.1 Å². The Hall–Kier alpha value is -2.72. The number of nitrogens with one attached hydrogen (secondary N) is 2. The average Bonchev–Trinajstić information content (AvgIpc) is 2.56. The van der Waals surface area contributed by atoms with Gasteiger partial charge in [0.15, 0.2) is 0 Å². The van der Waals surface area contributed by atoms with Crippen LogP contribution in [0.15, 0.2) is 42.5 Å². The molecular formula is C17H13ClF3N3O. The van der Waals surface area contributed by atoms with Gasteiger partial charge < -0.3 is 10.6 Å². The zero-order valence-corrected chi connectivity index (χ0v) is 13.6. The summed E-state index contributed by atoms with van der Waals surface area (Å²) in [7, 11) is 0. The Morgan fingerprint density at radius 2 is 1.92 bits per heavy atom. The summed E-state index contributed by atoms with van der Waals surface area (Å²) in [4.78, 5) is 11.9. The van der Waals surface area contributed by atoms with Gasteiger partial charge in [0.25, 0.3) is 0 Å². The lowest BCUT2D eigenvalue weighted by Crippen LogP contribution is -2.17. The molecule has 1 amide bonds. The summed E-state index contributed by atoms with van der Waals surface area (Å²) in [5.74, 6) is -0.461. The molecular weight excluding hydrogens is 355 g/mol. The van der Waals surface area contributed by atoms with Crippen molar-refractivity contribution in [2.75, 3.05) is 17.2 Å². The summed E-state index contributed by atoms with van der Waals surface area (Å²) in [5, 5.41) is 13.9. The molecule has 130 valence electrons. The van der Waals surface area contributed by atoms with Gasteiger partial charge in [0.05, 0.1) is 21.8 Å².